The second-order valence-corrected chi connectivity index (χ2v) is 6.50. The maximum atomic E-state index is 12.2. The average molecular weight is 378 g/mol. The van der Waals surface area contributed by atoms with E-state index in [4.69, 9.17) is 4.42 Å². The number of nitrogens with zero attached hydrogens (tertiary/aromatic N) is 2. The van der Waals surface area contributed by atoms with Crippen LogP contribution in [0.2, 0.25) is 0 Å². The third-order valence-corrected chi connectivity index (χ3v) is 4.94. The molecule has 0 unspecified atom stereocenters. The summed E-state index contributed by atoms with van der Waals surface area (Å²) in [5, 5.41) is 2.89. The van der Waals surface area contributed by atoms with Gasteiger partial charge in [0.05, 0.1) is 12.8 Å². The van der Waals surface area contributed by atoms with Crippen LogP contribution >= 0.6 is 15.9 Å². The van der Waals surface area contributed by atoms with Crippen LogP contribution in [0.25, 0.3) is 0 Å². The molecule has 0 spiro atoms. The van der Waals surface area contributed by atoms with Gasteiger partial charge in [0.2, 0.25) is 0 Å². The third kappa shape index (κ3) is 3.88. The molecular weight excluding hydrogens is 358 g/mol. The summed E-state index contributed by atoms with van der Waals surface area (Å²) in [7, 11) is 0. The minimum Gasteiger partial charge on any atom is -0.467 e. The van der Waals surface area contributed by atoms with Crippen molar-refractivity contribution in [3.05, 3.63) is 52.4 Å². The topological polar surface area (TPSA) is 48.7 Å². The molecule has 1 aromatic carbocycles. The zero-order valence-electron chi connectivity index (χ0n) is 13.1. The van der Waals surface area contributed by atoms with Gasteiger partial charge in [-0.1, -0.05) is 22.0 Å². The highest BCUT2D eigenvalue weighted by atomic mass is 79.9. The molecule has 5 nitrogen and oxygen atoms in total. The number of hydrogen-bond acceptors (Lipinski definition) is 3. The van der Waals surface area contributed by atoms with Gasteiger partial charge in [-0.2, -0.15) is 0 Å². The maximum absolute atomic E-state index is 12.2. The maximum Gasteiger partial charge on any atom is 0.317 e. The summed E-state index contributed by atoms with van der Waals surface area (Å²) in [6, 6.07) is 10.0. The van der Waals surface area contributed by atoms with Gasteiger partial charge in [-0.15, -0.1) is 0 Å². The Morgan fingerprint density at radius 3 is 2.70 bits per heavy atom. The number of piperazine rings is 1. The Kier molecular flexibility index (Phi) is 4.91. The molecule has 1 fully saturated rings. The number of carbonyl (C=O) groups is 1. The lowest BCUT2D eigenvalue weighted by molar-refractivity contribution is 0.193. The third-order valence-electron chi connectivity index (χ3n) is 4.08. The first-order chi connectivity index (χ1) is 11.1. The number of rotatable bonds is 3. The van der Waals surface area contributed by atoms with Crippen molar-refractivity contribution >= 4 is 27.6 Å². The number of aryl methyl sites for hydroxylation is 1. The Hall–Kier alpha value is -1.95. The summed E-state index contributed by atoms with van der Waals surface area (Å²) in [6.07, 6.45) is 1.61. The van der Waals surface area contributed by atoms with E-state index in [1.54, 1.807) is 6.26 Å². The summed E-state index contributed by atoms with van der Waals surface area (Å²) >= 11 is 3.58. The van der Waals surface area contributed by atoms with E-state index >= 15 is 0 Å². The molecule has 0 atom stereocenters. The molecule has 0 bridgehead atoms. The monoisotopic (exact) mass is 377 g/mol. The first-order valence-electron chi connectivity index (χ1n) is 7.70. The summed E-state index contributed by atoms with van der Waals surface area (Å²) in [6.45, 7) is 5.62. The Morgan fingerprint density at radius 1 is 1.26 bits per heavy atom. The summed E-state index contributed by atoms with van der Waals surface area (Å²) < 4.78 is 6.34. The van der Waals surface area contributed by atoms with E-state index in [0.717, 1.165) is 36.4 Å². The number of carbonyl (C=O) groups excluding carboxylic acids is 1. The number of hydrogen-bond donors (Lipinski definition) is 1. The predicted octanol–water partition coefficient (Wildman–Crippen LogP) is 3.38. The fourth-order valence-corrected chi connectivity index (χ4v) is 3.00. The van der Waals surface area contributed by atoms with E-state index in [2.05, 4.69) is 51.3 Å². The molecule has 3 rings (SSSR count). The first kappa shape index (κ1) is 15.9. The van der Waals surface area contributed by atoms with E-state index in [1.165, 1.54) is 11.3 Å². The van der Waals surface area contributed by atoms with Crippen molar-refractivity contribution in [1.82, 2.24) is 10.2 Å². The fourth-order valence-electron chi connectivity index (χ4n) is 2.63. The molecule has 2 amide bonds. The predicted molar refractivity (Wildman–Crippen MR) is 93.6 cm³/mol. The van der Waals surface area contributed by atoms with Gasteiger partial charge in [0, 0.05) is 36.3 Å². The van der Waals surface area contributed by atoms with Crippen LogP contribution in [0.1, 0.15) is 11.3 Å². The molecule has 1 aliphatic rings. The van der Waals surface area contributed by atoms with Crippen molar-refractivity contribution in [3.63, 3.8) is 0 Å². The van der Waals surface area contributed by atoms with Gasteiger partial charge in [0.25, 0.3) is 0 Å². The SMILES string of the molecule is Cc1ccc(N2CCN(C(=O)NCc3ccco3)CC2)cc1Br. The van der Waals surface area contributed by atoms with Crippen molar-refractivity contribution in [2.45, 2.75) is 13.5 Å². The molecule has 1 saturated heterocycles. The van der Waals surface area contributed by atoms with E-state index in [1.807, 2.05) is 17.0 Å². The standard InChI is InChI=1S/C17H20BrN3O2/c1-13-4-5-14(11-16(13)18)20-6-8-21(9-7-20)17(22)19-12-15-3-2-10-23-15/h2-5,10-11H,6-9,12H2,1H3,(H,19,22). The van der Waals surface area contributed by atoms with Crippen molar-refractivity contribution in [3.8, 4) is 0 Å². The van der Waals surface area contributed by atoms with Gasteiger partial charge in [0.15, 0.2) is 0 Å². The Balaban J connectivity index is 1.51. The van der Waals surface area contributed by atoms with Gasteiger partial charge < -0.3 is 19.5 Å². The zero-order valence-corrected chi connectivity index (χ0v) is 14.7. The number of amides is 2. The second kappa shape index (κ2) is 7.08. The van der Waals surface area contributed by atoms with Crippen LogP contribution < -0.4 is 10.2 Å². The van der Waals surface area contributed by atoms with Crippen molar-refractivity contribution in [1.29, 1.82) is 0 Å². The Labute approximate surface area is 144 Å². The second-order valence-electron chi connectivity index (χ2n) is 5.65. The van der Waals surface area contributed by atoms with Crippen LogP contribution in [-0.2, 0) is 6.54 Å². The number of benzene rings is 1. The number of nitrogens with one attached hydrogen (secondary N) is 1. The normalized spacial score (nSPS) is 14.9. The molecule has 0 radical (unpaired) electrons. The summed E-state index contributed by atoms with van der Waals surface area (Å²) in [5.74, 6) is 0.765. The number of anilines is 1. The van der Waals surface area contributed by atoms with E-state index in [9.17, 15) is 4.79 Å². The Bertz CT molecular complexity index is 664. The number of urea groups is 1. The van der Waals surface area contributed by atoms with Crippen LogP contribution in [0.4, 0.5) is 10.5 Å². The van der Waals surface area contributed by atoms with Gasteiger partial charge >= 0.3 is 6.03 Å². The highest BCUT2D eigenvalue weighted by Crippen LogP contribution is 2.24. The minimum absolute atomic E-state index is 0.0360. The molecule has 6 heteroatoms. The molecule has 1 aromatic heterocycles. The summed E-state index contributed by atoms with van der Waals surface area (Å²) in [4.78, 5) is 16.3. The lowest BCUT2D eigenvalue weighted by atomic mass is 10.2. The molecule has 0 aliphatic carbocycles. The van der Waals surface area contributed by atoms with Crippen LogP contribution in [0.5, 0.6) is 0 Å². The first-order valence-corrected chi connectivity index (χ1v) is 8.49. The molecule has 1 aliphatic heterocycles. The summed E-state index contributed by atoms with van der Waals surface area (Å²) in [5.41, 5.74) is 2.42. The van der Waals surface area contributed by atoms with E-state index in [0.29, 0.717) is 6.54 Å². The van der Waals surface area contributed by atoms with Crippen molar-refractivity contribution in [2.24, 2.45) is 0 Å². The van der Waals surface area contributed by atoms with Gasteiger partial charge in [-0.05, 0) is 36.8 Å². The van der Waals surface area contributed by atoms with Crippen LogP contribution in [0.15, 0.2) is 45.5 Å². The van der Waals surface area contributed by atoms with Gasteiger partial charge in [-0.25, -0.2) is 4.79 Å². The van der Waals surface area contributed by atoms with Crippen LogP contribution in [0, 0.1) is 6.92 Å². The van der Waals surface area contributed by atoms with Gasteiger partial charge in [0.1, 0.15) is 5.76 Å². The fraction of sp³-hybridized carbons (Fsp3) is 0.353. The molecular formula is C17H20BrN3O2. The molecule has 23 heavy (non-hydrogen) atoms. The van der Waals surface area contributed by atoms with Crippen molar-refractivity contribution < 1.29 is 9.21 Å². The van der Waals surface area contributed by atoms with E-state index in [-0.39, 0.29) is 6.03 Å². The highest BCUT2D eigenvalue weighted by Gasteiger charge is 2.21. The zero-order chi connectivity index (χ0) is 16.2. The molecule has 2 aromatic rings. The highest BCUT2D eigenvalue weighted by molar-refractivity contribution is 9.10. The number of furan rings is 1. The minimum atomic E-state index is -0.0360. The molecule has 0 saturated carbocycles. The van der Waals surface area contributed by atoms with Crippen LogP contribution in [0.3, 0.4) is 0 Å². The molecule has 122 valence electrons. The lowest BCUT2D eigenvalue weighted by Crippen LogP contribution is -2.51. The smallest absolute Gasteiger partial charge is 0.317 e. The van der Waals surface area contributed by atoms with Gasteiger partial charge in [-0.3, -0.25) is 0 Å². The average Bonchev–Trinajstić information content (AvgIpc) is 3.09. The van der Waals surface area contributed by atoms with E-state index < -0.39 is 0 Å². The van der Waals surface area contributed by atoms with Crippen LogP contribution in [-0.4, -0.2) is 37.1 Å². The number of halogens is 1. The molecule has 1 N–H and O–H groups in total. The molecule has 2 heterocycles. The largest absolute Gasteiger partial charge is 0.467 e. The lowest BCUT2D eigenvalue weighted by Gasteiger charge is -2.36. The Morgan fingerprint density at radius 2 is 2.04 bits per heavy atom. The quantitative estimate of drug-likeness (QED) is 0.891. The van der Waals surface area contributed by atoms with Crippen molar-refractivity contribution in [2.75, 3.05) is 31.1 Å².